The number of amides is 1. The summed E-state index contributed by atoms with van der Waals surface area (Å²) in [5.41, 5.74) is 1.97. The molecule has 0 aliphatic carbocycles. The molecule has 0 saturated carbocycles. The summed E-state index contributed by atoms with van der Waals surface area (Å²) in [6, 6.07) is 5.92. The molecule has 3 heteroatoms. The molecular formula is C16H23NO2. The molecule has 2 unspecified atom stereocenters. The average Bonchev–Trinajstić information content (AvgIpc) is 2.76. The second-order valence-corrected chi connectivity index (χ2v) is 5.20. The van der Waals surface area contributed by atoms with Crippen molar-refractivity contribution in [2.75, 3.05) is 12.4 Å². The first-order valence-electron chi connectivity index (χ1n) is 7.20. The van der Waals surface area contributed by atoms with E-state index in [0.717, 1.165) is 29.8 Å². The smallest absolute Gasteiger partial charge is 0.232 e. The molecule has 2 rings (SSSR count). The van der Waals surface area contributed by atoms with Crippen LogP contribution in [0.3, 0.4) is 0 Å². The SMILES string of the molecule is CCCCC(CC)C1C(=O)Nc2c(OC)cccc21. The predicted octanol–water partition coefficient (Wildman–Crippen LogP) is 3.95. The Kier molecular flexibility index (Phi) is 4.46. The summed E-state index contributed by atoms with van der Waals surface area (Å²) in [5.74, 6) is 1.30. The van der Waals surface area contributed by atoms with Gasteiger partial charge < -0.3 is 10.1 Å². The maximum Gasteiger partial charge on any atom is 0.232 e. The van der Waals surface area contributed by atoms with E-state index < -0.39 is 0 Å². The highest BCUT2D eigenvalue weighted by Crippen LogP contribution is 2.44. The molecule has 1 aromatic carbocycles. The van der Waals surface area contributed by atoms with Gasteiger partial charge in [0.05, 0.1) is 18.7 Å². The molecule has 3 nitrogen and oxygen atoms in total. The van der Waals surface area contributed by atoms with Crippen LogP contribution in [0, 0.1) is 5.92 Å². The van der Waals surface area contributed by atoms with Gasteiger partial charge >= 0.3 is 0 Å². The molecule has 0 bridgehead atoms. The number of methoxy groups -OCH3 is 1. The van der Waals surface area contributed by atoms with E-state index in [4.69, 9.17) is 4.74 Å². The Morgan fingerprint density at radius 1 is 1.37 bits per heavy atom. The minimum Gasteiger partial charge on any atom is -0.495 e. The lowest BCUT2D eigenvalue weighted by molar-refractivity contribution is -0.118. The van der Waals surface area contributed by atoms with Crippen LogP contribution < -0.4 is 10.1 Å². The van der Waals surface area contributed by atoms with Gasteiger partial charge in [0, 0.05) is 0 Å². The van der Waals surface area contributed by atoms with E-state index in [1.807, 2.05) is 12.1 Å². The third-order valence-electron chi connectivity index (χ3n) is 4.07. The standard InChI is InChI=1S/C16H23NO2/c1-4-6-8-11(5-2)14-12-9-7-10-13(19-3)15(12)17-16(14)18/h7,9-11,14H,4-6,8H2,1-3H3,(H,17,18). The molecule has 0 saturated heterocycles. The van der Waals surface area contributed by atoms with Gasteiger partial charge in [0.2, 0.25) is 5.91 Å². The molecule has 1 aliphatic heterocycles. The fourth-order valence-corrected chi connectivity index (χ4v) is 2.99. The van der Waals surface area contributed by atoms with E-state index in [-0.39, 0.29) is 11.8 Å². The lowest BCUT2D eigenvalue weighted by Crippen LogP contribution is -2.20. The van der Waals surface area contributed by atoms with Crippen LogP contribution in [0.15, 0.2) is 18.2 Å². The summed E-state index contributed by atoms with van der Waals surface area (Å²) in [4.78, 5) is 12.3. The molecule has 19 heavy (non-hydrogen) atoms. The normalized spacial score (nSPS) is 18.9. The summed E-state index contributed by atoms with van der Waals surface area (Å²) in [6.45, 7) is 4.37. The van der Waals surface area contributed by atoms with E-state index >= 15 is 0 Å². The summed E-state index contributed by atoms with van der Waals surface area (Å²) in [5, 5.41) is 2.99. The van der Waals surface area contributed by atoms with Crippen molar-refractivity contribution < 1.29 is 9.53 Å². The topological polar surface area (TPSA) is 38.3 Å². The zero-order chi connectivity index (χ0) is 13.8. The van der Waals surface area contributed by atoms with Crippen molar-refractivity contribution in [1.82, 2.24) is 0 Å². The summed E-state index contributed by atoms with van der Waals surface area (Å²) < 4.78 is 5.33. The van der Waals surface area contributed by atoms with Gasteiger partial charge in [-0.2, -0.15) is 0 Å². The average molecular weight is 261 g/mol. The minimum atomic E-state index is -0.0124. The number of hydrogen-bond acceptors (Lipinski definition) is 2. The lowest BCUT2D eigenvalue weighted by atomic mass is 9.82. The number of rotatable bonds is 6. The van der Waals surface area contributed by atoms with Gasteiger partial charge in [-0.3, -0.25) is 4.79 Å². The third-order valence-corrected chi connectivity index (χ3v) is 4.07. The van der Waals surface area contributed by atoms with Crippen LogP contribution in [0.4, 0.5) is 5.69 Å². The molecule has 1 amide bonds. The van der Waals surface area contributed by atoms with E-state index in [1.54, 1.807) is 7.11 Å². The Morgan fingerprint density at radius 2 is 2.16 bits per heavy atom. The number of fused-ring (bicyclic) bond motifs is 1. The molecular weight excluding hydrogens is 238 g/mol. The van der Waals surface area contributed by atoms with Crippen LogP contribution >= 0.6 is 0 Å². The Labute approximate surface area is 115 Å². The maximum atomic E-state index is 12.3. The molecule has 1 heterocycles. The molecule has 1 aromatic rings. The molecule has 0 aromatic heterocycles. The minimum absolute atomic E-state index is 0.0124. The van der Waals surface area contributed by atoms with Crippen LogP contribution in [0.25, 0.3) is 0 Å². The largest absolute Gasteiger partial charge is 0.495 e. The molecule has 0 radical (unpaired) electrons. The van der Waals surface area contributed by atoms with Gasteiger partial charge in [-0.05, 0) is 24.0 Å². The molecule has 1 N–H and O–H groups in total. The molecule has 104 valence electrons. The fraction of sp³-hybridized carbons (Fsp3) is 0.562. The third kappa shape index (κ3) is 2.60. The number of nitrogens with one attached hydrogen (secondary N) is 1. The second kappa shape index (κ2) is 6.09. The Bertz CT molecular complexity index is 456. The van der Waals surface area contributed by atoms with E-state index in [9.17, 15) is 4.79 Å². The quantitative estimate of drug-likeness (QED) is 0.842. The molecule has 1 aliphatic rings. The fourth-order valence-electron chi connectivity index (χ4n) is 2.99. The highest BCUT2D eigenvalue weighted by atomic mass is 16.5. The van der Waals surface area contributed by atoms with Crippen molar-refractivity contribution in [3.63, 3.8) is 0 Å². The van der Waals surface area contributed by atoms with Gasteiger partial charge in [0.1, 0.15) is 5.75 Å². The first kappa shape index (κ1) is 13.9. The number of para-hydroxylation sites is 1. The van der Waals surface area contributed by atoms with Gasteiger partial charge in [0.15, 0.2) is 0 Å². The first-order valence-corrected chi connectivity index (χ1v) is 7.20. The van der Waals surface area contributed by atoms with Crippen LogP contribution in [0.2, 0.25) is 0 Å². The highest BCUT2D eigenvalue weighted by molar-refractivity contribution is 6.04. The first-order chi connectivity index (χ1) is 9.22. The maximum absolute atomic E-state index is 12.3. The van der Waals surface area contributed by atoms with Crippen molar-refractivity contribution >= 4 is 11.6 Å². The summed E-state index contributed by atoms with van der Waals surface area (Å²) >= 11 is 0. The zero-order valence-electron chi connectivity index (χ0n) is 12.0. The van der Waals surface area contributed by atoms with Gasteiger partial charge in [-0.15, -0.1) is 0 Å². The van der Waals surface area contributed by atoms with Crippen LogP contribution in [-0.2, 0) is 4.79 Å². The van der Waals surface area contributed by atoms with Crippen molar-refractivity contribution in [3.8, 4) is 5.75 Å². The Hall–Kier alpha value is -1.51. The lowest BCUT2D eigenvalue weighted by Gasteiger charge is -2.20. The van der Waals surface area contributed by atoms with Gasteiger partial charge in [0.25, 0.3) is 0 Å². The Balaban J connectivity index is 2.31. The van der Waals surface area contributed by atoms with Crippen LogP contribution in [0.1, 0.15) is 51.0 Å². The monoisotopic (exact) mass is 261 g/mol. The predicted molar refractivity (Wildman–Crippen MR) is 77.7 cm³/mol. The Morgan fingerprint density at radius 3 is 2.79 bits per heavy atom. The second-order valence-electron chi connectivity index (χ2n) is 5.20. The number of anilines is 1. The van der Waals surface area contributed by atoms with Crippen molar-refractivity contribution in [2.45, 2.75) is 45.4 Å². The van der Waals surface area contributed by atoms with Crippen LogP contribution in [-0.4, -0.2) is 13.0 Å². The van der Waals surface area contributed by atoms with Crippen molar-refractivity contribution in [1.29, 1.82) is 0 Å². The highest BCUT2D eigenvalue weighted by Gasteiger charge is 2.37. The van der Waals surface area contributed by atoms with Crippen molar-refractivity contribution in [3.05, 3.63) is 23.8 Å². The molecule has 0 fully saturated rings. The van der Waals surface area contributed by atoms with Gasteiger partial charge in [-0.25, -0.2) is 0 Å². The number of carbonyl (C=O) groups is 1. The van der Waals surface area contributed by atoms with Gasteiger partial charge in [-0.1, -0.05) is 45.2 Å². The number of hydrogen-bond donors (Lipinski definition) is 1. The zero-order valence-corrected chi connectivity index (χ0v) is 12.0. The van der Waals surface area contributed by atoms with Crippen molar-refractivity contribution in [2.24, 2.45) is 5.92 Å². The van der Waals surface area contributed by atoms with E-state index in [0.29, 0.717) is 5.92 Å². The summed E-state index contributed by atoms with van der Waals surface area (Å²) in [6.07, 6.45) is 4.51. The number of ether oxygens (including phenoxy) is 1. The molecule has 0 spiro atoms. The van der Waals surface area contributed by atoms with E-state index in [2.05, 4.69) is 25.2 Å². The number of carbonyl (C=O) groups excluding carboxylic acids is 1. The van der Waals surface area contributed by atoms with Crippen LogP contribution in [0.5, 0.6) is 5.75 Å². The number of unbranched alkanes of at least 4 members (excludes halogenated alkanes) is 1. The summed E-state index contributed by atoms with van der Waals surface area (Å²) in [7, 11) is 1.64. The number of benzene rings is 1. The molecule has 2 atom stereocenters. The van der Waals surface area contributed by atoms with E-state index in [1.165, 1.54) is 12.8 Å².